The van der Waals surface area contributed by atoms with Gasteiger partial charge in [-0.05, 0) is 19.4 Å². The number of carbonyl (C=O) groups excluding carboxylic acids is 2. The molecule has 0 aliphatic heterocycles. The molecule has 21 heavy (non-hydrogen) atoms. The van der Waals surface area contributed by atoms with E-state index in [2.05, 4.69) is 6.58 Å². The summed E-state index contributed by atoms with van der Waals surface area (Å²) in [4.78, 5) is 22.9. The van der Waals surface area contributed by atoms with Crippen LogP contribution in [-0.2, 0) is 4.79 Å². The molecule has 1 unspecified atom stereocenters. The van der Waals surface area contributed by atoms with E-state index in [-0.39, 0.29) is 11.9 Å². The fourth-order valence-electron chi connectivity index (χ4n) is 1.93. The van der Waals surface area contributed by atoms with Gasteiger partial charge < -0.3 is 9.47 Å². The Balaban J connectivity index is 3.32. The molecule has 0 heterocycles. The van der Waals surface area contributed by atoms with Crippen LogP contribution in [0.2, 0.25) is 0 Å². The highest BCUT2D eigenvalue weighted by molar-refractivity contribution is 5.81. The van der Waals surface area contributed by atoms with Crippen LogP contribution in [0.4, 0.5) is 0 Å². The minimum atomic E-state index is -0.298. The van der Waals surface area contributed by atoms with E-state index >= 15 is 0 Å². The Labute approximate surface area is 125 Å². The predicted molar refractivity (Wildman–Crippen MR) is 82.2 cm³/mol. The Morgan fingerprint density at radius 1 is 1.38 bits per heavy atom. The summed E-state index contributed by atoms with van der Waals surface area (Å²) in [6.45, 7) is 9.69. The summed E-state index contributed by atoms with van der Waals surface area (Å²) in [6.07, 6.45) is 1.79. The van der Waals surface area contributed by atoms with Gasteiger partial charge in [0, 0.05) is 24.0 Å². The lowest BCUT2D eigenvalue weighted by molar-refractivity contribution is -0.134. The minimum Gasteiger partial charge on any atom is -0.496 e. The van der Waals surface area contributed by atoms with E-state index in [0.29, 0.717) is 29.9 Å². The lowest BCUT2D eigenvalue weighted by atomic mass is 9.92. The van der Waals surface area contributed by atoms with Crippen molar-refractivity contribution in [1.82, 2.24) is 0 Å². The zero-order valence-electron chi connectivity index (χ0n) is 13.1. The molecule has 4 nitrogen and oxygen atoms in total. The number of ether oxygens (including phenoxy) is 2. The lowest BCUT2D eigenvalue weighted by Gasteiger charge is -2.18. The molecule has 1 atom stereocenters. The predicted octanol–water partition coefficient (Wildman–Crippen LogP) is 3.89. The smallest absolute Gasteiger partial charge is 0.311 e. The normalized spacial score (nSPS) is 11.6. The average molecular weight is 290 g/mol. The second-order valence-electron chi connectivity index (χ2n) is 5.04. The molecular formula is C17H22O4. The third kappa shape index (κ3) is 4.18. The zero-order chi connectivity index (χ0) is 16.0. The van der Waals surface area contributed by atoms with Gasteiger partial charge in [0.1, 0.15) is 11.5 Å². The molecule has 0 spiro atoms. The molecule has 0 aliphatic rings. The van der Waals surface area contributed by atoms with E-state index in [4.69, 9.17) is 9.47 Å². The van der Waals surface area contributed by atoms with Crippen LogP contribution >= 0.6 is 0 Å². The van der Waals surface area contributed by atoms with Crippen molar-refractivity contribution in [2.45, 2.75) is 39.5 Å². The van der Waals surface area contributed by atoms with E-state index in [1.807, 2.05) is 20.8 Å². The molecule has 1 aromatic carbocycles. The largest absolute Gasteiger partial charge is 0.496 e. The Morgan fingerprint density at radius 2 is 2.05 bits per heavy atom. The van der Waals surface area contributed by atoms with Crippen molar-refractivity contribution < 1.29 is 19.1 Å². The molecule has 0 N–H and O–H groups in total. The molecule has 0 fully saturated rings. The van der Waals surface area contributed by atoms with Crippen LogP contribution < -0.4 is 9.47 Å². The van der Waals surface area contributed by atoms with Gasteiger partial charge in [0.05, 0.1) is 12.7 Å². The molecule has 0 amide bonds. The molecule has 114 valence electrons. The van der Waals surface area contributed by atoms with E-state index < -0.39 is 0 Å². The number of hydrogen-bond acceptors (Lipinski definition) is 4. The number of hydrogen-bond donors (Lipinski definition) is 0. The van der Waals surface area contributed by atoms with E-state index in [0.717, 1.165) is 17.4 Å². The topological polar surface area (TPSA) is 52.6 Å². The van der Waals surface area contributed by atoms with E-state index in [1.54, 1.807) is 12.1 Å². The molecule has 1 aromatic rings. The van der Waals surface area contributed by atoms with Gasteiger partial charge >= 0.3 is 5.97 Å². The van der Waals surface area contributed by atoms with Crippen molar-refractivity contribution in [2.24, 2.45) is 0 Å². The number of allylic oxidation sites excluding steroid dienone is 1. The van der Waals surface area contributed by atoms with Gasteiger partial charge in [-0.1, -0.05) is 26.0 Å². The number of rotatable bonds is 7. The number of carbonyl (C=O) groups is 2. The van der Waals surface area contributed by atoms with Crippen LogP contribution in [0.5, 0.6) is 11.5 Å². The Kier molecular flexibility index (Phi) is 6.15. The van der Waals surface area contributed by atoms with E-state index in [1.165, 1.54) is 7.11 Å². The van der Waals surface area contributed by atoms with Gasteiger partial charge in [-0.3, -0.25) is 9.59 Å². The molecule has 4 heteroatoms. The maximum Gasteiger partial charge on any atom is 0.311 e. The number of methoxy groups -OCH3 is 1. The Morgan fingerprint density at radius 3 is 2.52 bits per heavy atom. The fraction of sp³-hybridized carbons (Fsp3) is 0.412. The summed E-state index contributed by atoms with van der Waals surface area (Å²) in [7, 11) is 1.47. The first-order valence-electron chi connectivity index (χ1n) is 6.97. The summed E-state index contributed by atoms with van der Waals surface area (Å²) in [5, 5.41) is 0. The van der Waals surface area contributed by atoms with Crippen LogP contribution in [-0.4, -0.2) is 19.4 Å². The summed E-state index contributed by atoms with van der Waals surface area (Å²) < 4.78 is 10.6. The van der Waals surface area contributed by atoms with Crippen LogP contribution in [0.15, 0.2) is 24.3 Å². The Bertz CT molecular complexity index is 546. The van der Waals surface area contributed by atoms with Gasteiger partial charge in [-0.15, -0.1) is 0 Å². The molecular weight excluding hydrogens is 268 g/mol. The second-order valence-corrected chi connectivity index (χ2v) is 5.04. The van der Waals surface area contributed by atoms with Crippen LogP contribution in [0, 0.1) is 0 Å². The van der Waals surface area contributed by atoms with Gasteiger partial charge in [0.2, 0.25) is 0 Å². The SMILES string of the molecule is C=C(C)C(C)c1cc(C=O)c(OC)cc1OC(=O)CCC. The van der Waals surface area contributed by atoms with Gasteiger partial charge in [0.25, 0.3) is 0 Å². The standard InChI is InChI=1S/C17H22O4/c1-6-7-17(19)21-16-9-15(20-5)13(10-18)8-14(16)12(4)11(2)3/h8-10,12H,2,6-7H2,1,3-5H3. The van der Waals surface area contributed by atoms with Crippen molar-refractivity contribution in [1.29, 1.82) is 0 Å². The quantitative estimate of drug-likeness (QED) is 0.331. The molecule has 0 radical (unpaired) electrons. The maximum absolute atomic E-state index is 11.8. The summed E-state index contributed by atoms with van der Waals surface area (Å²) >= 11 is 0. The van der Waals surface area contributed by atoms with Crippen molar-refractivity contribution >= 4 is 12.3 Å². The lowest BCUT2D eigenvalue weighted by Crippen LogP contribution is -2.10. The molecule has 0 aliphatic carbocycles. The third-order valence-corrected chi connectivity index (χ3v) is 3.37. The first kappa shape index (κ1) is 17.0. The zero-order valence-corrected chi connectivity index (χ0v) is 13.1. The summed E-state index contributed by atoms with van der Waals surface area (Å²) in [6, 6.07) is 3.28. The average Bonchev–Trinajstić information content (AvgIpc) is 2.46. The van der Waals surface area contributed by atoms with Crippen LogP contribution in [0.25, 0.3) is 0 Å². The first-order valence-corrected chi connectivity index (χ1v) is 6.97. The van der Waals surface area contributed by atoms with Crippen LogP contribution in [0.1, 0.15) is 55.5 Å². The molecule has 0 saturated carbocycles. The number of esters is 1. The van der Waals surface area contributed by atoms with Crippen molar-refractivity contribution in [3.8, 4) is 11.5 Å². The fourth-order valence-corrected chi connectivity index (χ4v) is 1.93. The van der Waals surface area contributed by atoms with Gasteiger partial charge in [0.15, 0.2) is 6.29 Å². The highest BCUT2D eigenvalue weighted by Crippen LogP contribution is 2.36. The van der Waals surface area contributed by atoms with Crippen molar-refractivity contribution in [3.63, 3.8) is 0 Å². The summed E-state index contributed by atoms with van der Waals surface area (Å²) in [5.41, 5.74) is 2.11. The van der Waals surface area contributed by atoms with Gasteiger partial charge in [-0.25, -0.2) is 0 Å². The van der Waals surface area contributed by atoms with Crippen molar-refractivity contribution in [2.75, 3.05) is 7.11 Å². The Hall–Kier alpha value is -2.10. The van der Waals surface area contributed by atoms with Crippen LogP contribution in [0.3, 0.4) is 0 Å². The monoisotopic (exact) mass is 290 g/mol. The number of benzene rings is 1. The molecule has 0 bridgehead atoms. The van der Waals surface area contributed by atoms with Crippen molar-refractivity contribution in [3.05, 3.63) is 35.4 Å². The highest BCUT2D eigenvalue weighted by atomic mass is 16.5. The second kappa shape index (κ2) is 7.62. The number of aldehydes is 1. The van der Waals surface area contributed by atoms with E-state index in [9.17, 15) is 9.59 Å². The molecule has 0 aromatic heterocycles. The molecule has 1 rings (SSSR count). The third-order valence-electron chi connectivity index (χ3n) is 3.37. The first-order chi connectivity index (χ1) is 9.94. The summed E-state index contributed by atoms with van der Waals surface area (Å²) in [5.74, 6) is 0.487. The maximum atomic E-state index is 11.8. The minimum absolute atomic E-state index is 0.0287. The molecule has 0 saturated heterocycles. The highest BCUT2D eigenvalue weighted by Gasteiger charge is 2.19. The van der Waals surface area contributed by atoms with Gasteiger partial charge in [-0.2, -0.15) is 0 Å².